The van der Waals surface area contributed by atoms with Gasteiger partial charge in [-0.15, -0.1) is 5.10 Å². The first kappa shape index (κ1) is 24.1. The molecule has 1 atom stereocenters. The smallest absolute Gasteiger partial charge is 0.253 e. The minimum absolute atomic E-state index is 0.0817. The third kappa shape index (κ3) is 5.03. The number of ether oxygens (including phenoxy) is 1. The van der Waals surface area contributed by atoms with Gasteiger partial charge in [-0.1, -0.05) is 19.3 Å². The van der Waals surface area contributed by atoms with Crippen LogP contribution >= 0.6 is 0 Å². The van der Waals surface area contributed by atoms with E-state index in [1.165, 1.54) is 43.2 Å². The largest absolute Gasteiger partial charge is 0.383 e. The van der Waals surface area contributed by atoms with Crippen molar-refractivity contribution in [3.63, 3.8) is 0 Å². The number of aryl methyl sites for hydroxylation is 2. The van der Waals surface area contributed by atoms with Crippen LogP contribution in [0.15, 0.2) is 23.0 Å². The standard InChI is InChI=1S/C26H37N7O2/c1-18-15-20-17-22(26(34)27-23(20)16-19(18)2)24(25-28-29-30-33(25)13-14-35-3)32-11-9-31(10-12-32)21-7-5-4-6-8-21/h15-17,21,24H,4-14H2,1-3H3,(H,27,34). The minimum atomic E-state index is -0.315. The van der Waals surface area contributed by atoms with E-state index in [1.807, 2.05) is 6.07 Å². The summed E-state index contributed by atoms with van der Waals surface area (Å²) in [7, 11) is 1.67. The van der Waals surface area contributed by atoms with Crippen LogP contribution in [0.5, 0.6) is 0 Å². The van der Waals surface area contributed by atoms with Gasteiger partial charge in [0.25, 0.3) is 5.56 Å². The Morgan fingerprint density at radius 2 is 1.80 bits per heavy atom. The molecule has 35 heavy (non-hydrogen) atoms. The minimum Gasteiger partial charge on any atom is -0.383 e. The molecule has 9 nitrogen and oxygen atoms in total. The molecular weight excluding hydrogens is 442 g/mol. The third-order valence-electron chi connectivity index (χ3n) is 7.90. The van der Waals surface area contributed by atoms with Crippen molar-refractivity contribution in [2.24, 2.45) is 0 Å². The summed E-state index contributed by atoms with van der Waals surface area (Å²) in [6, 6.07) is 6.62. The number of rotatable bonds is 7. The highest BCUT2D eigenvalue weighted by Gasteiger charge is 2.34. The van der Waals surface area contributed by atoms with E-state index in [0.717, 1.165) is 37.1 Å². The van der Waals surface area contributed by atoms with Crippen molar-refractivity contribution in [2.45, 2.75) is 64.6 Å². The van der Waals surface area contributed by atoms with E-state index in [9.17, 15) is 4.79 Å². The number of nitrogens with zero attached hydrogens (tertiary/aromatic N) is 6. The number of methoxy groups -OCH3 is 1. The Morgan fingerprint density at radius 1 is 1.06 bits per heavy atom. The van der Waals surface area contributed by atoms with Crippen molar-refractivity contribution >= 4 is 10.9 Å². The second-order valence-electron chi connectivity index (χ2n) is 10.1. The molecular formula is C26H37N7O2. The SMILES string of the molecule is COCCn1nnnc1C(c1cc2cc(C)c(C)cc2[nH]c1=O)N1CCN(C2CCCCC2)CC1. The highest BCUT2D eigenvalue weighted by atomic mass is 16.5. The zero-order valence-corrected chi connectivity index (χ0v) is 21.2. The third-order valence-corrected chi connectivity index (χ3v) is 7.90. The van der Waals surface area contributed by atoms with Crippen LogP contribution in [0.4, 0.5) is 0 Å². The average Bonchev–Trinajstić information content (AvgIpc) is 3.33. The van der Waals surface area contributed by atoms with Gasteiger partial charge < -0.3 is 9.72 Å². The van der Waals surface area contributed by atoms with Crippen molar-refractivity contribution in [1.29, 1.82) is 0 Å². The number of pyridine rings is 1. The Balaban J connectivity index is 1.50. The maximum Gasteiger partial charge on any atom is 0.253 e. The quantitative estimate of drug-likeness (QED) is 0.557. The van der Waals surface area contributed by atoms with Crippen molar-refractivity contribution < 1.29 is 4.74 Å². The molecule has 0 spiro atoms. The molecule has 0 radical (unpaired) electrons. The van der Waals surface area contributed by atoms with Crippen molar-refractivity contribution in [2.75, 3.05) is 39.9 Å². The Labute approximate surface area is 206 Å². The molecule has 1 N–H and O–H groups in total. The number of fused-ring (bicyclic) bond motifs is 1. The molecule has 188 valence electrons. The van der Waals surface area contributed by atoms with Gasteiger partial charge in [-0.3, -0.25) is 14.6 Å². The molecule has 1 saturated carbocycles. The number of piperazine rings is 1. The van der Waals surface area contributed by atoms with Crippen molar-refractivity contribution in [3.8, 4) is 0 Å². The summed E-state index contributed by atoms with van der Waals surface area (Å²) in [6.07, 6.45) is 6.66. The Kier molecular flexibility index (Phi) is 7.27. The first-order chi connectivity index (χ1) is 17.0. The lowest BCUT2D eigenvalue weighted by Gasteiger charge is -2.42. The number of tetrazole rings is 1. The molecule has 1 saturated heterocycles. The number of nitrogens with one attached hydrogen (secondary N) is 1. The number of benzene rings is 1. The highest BCUT2D eigenvalue weighted by Crippen LogP contribution is 2.30. The van der Waals surface area contributed by atoms with E-state index in [-0.39, 0.29) is 11.6 Å². The molecule has 0 bridgehead atoms. The van der Waals surface area contributed by atoms with Gasteiger partial charge in [-0.25, -0.2) is 4.68 Å². The van der Waals surface area contributed by atoms with E-state index in [0.29, 0.717) is 30.6 Å². The molecule has 3 aromatic rings. The van der Waals surface area contributed by atoms with E-state index in [2.05, 4.69) is 56.3 Å². The average molecular weight is 480 g/mol. The van der Waals surface area contributed by atoms with Crippen molar-refractivity contribution in [1.82, 2.24) is 35.0 Å². The van der Waals surface area contributed by atoms with Gasteiger partial charge >= 0.3 is 0 Å². The maximum absolute atomic E-state index is 13.5. The lowest BCUT2D eigenvalue weighted by atomic mass is 9.93. The lowest BCUT2D eigenvalue weighted by Crippen LogP contribution is -2.52. The fourth-order valence-corrected chi connectivity index (χ4v) is 5.75. The second-order valence-corrected chi connectivity index (χ2v) is 10.1. The van der Waals surface area contributed by atoms with E-state index in [1.54, 1.807) is 11.8 Å². The number of hydrogen-bond acceptors (Lipinski definition) is 7. The number of aromatic nitrogens is 5. The monoisotopic (exact) mass is 479 g/mol. The summed E-state index contributed by atoms with van der Waals surface area (Å²) in [6.45, 7) is 8.99. The van der Waals surface area contributed by atoms with Crippen LogP contribution in [0.2, 0.25) is 0 Å². The highest BCUT2D eigenvalue weighted by molar-refractivity contribution is 5.81. The summed E-state index contributed by atoms with van der Waals surface area (Å²) in [4.78, 5) is 21.6. The molecule has 1 unspecified atom stereocenters. The first-order valence-corrected chi connectivity index (χ1v) is 12.9. The summed E-state index contributed by atoms with van der Waals surface area (Å²) in [5.41, 5.74) is 3.85. The van der Waals surface area contributed by atoms with Gasteiger partial charge in [0.2, 0.25) is 0 Å². The molecule has 1 aromatic carbocycles. The Hall–Kier alpha value is -2.62. The molecule has 2 fully saturated rings. The molecule has 5 rings (SSSR count). The predicted molar refractivity (Wildman–Crippen MR) is 136 cm³/mol. The fourth-order valence-electron chi connectivity index (χ4n) is 5.75. The summed E-state index contributed by atoms with van der Waals surface area (Å²) < 4.78 is 7.07. The van der Waals surface area contributed by atoms with Gasteiger partial charge in [-0.05, 0) is 71.8 Å². The van der Waals surface area contributed by atoms with Crippen LogP contribution in [0.3, 0.4) is 0 Å². The lowest BCUT2D eigenvalue weighted by molar-refractivity contribution is 0.0612. The van der Waals surface area contributed by atoms with Gasteiger partial charge in [0, 0.05) is 50.4 Å². The molecule has 3 heterocycles. The Morgan fingerprint density at radius 3 is 2.54 bits per heavy atom. The summed E-state index contributed by atoms with van der Waals surface area (Å²) >= 11 is 0. The molecule has 1 aliphatic carbocycles. The predicted octanol–water partition coefficient (Wildman–Crippen LogP) is 2.82. The topological polar surface area (TPSA) is 92.2 Å². The second kappa shape index (κ2) is 10.6. The van der Waals surface area contributed by atoms with Crippen LogP contribution in [0.25, 0.3) is 10.9 Å². The van der Waals surface area contributed by atoms with Crippen LogP contribution < -0.4 is 5.56 Å². The normalized spacial score (nSPS) is 19.4. The molecule has 9 heteroatoms. The van der Waals surface area contributed by atoms with Gasteiger partial charge in [0.15, 0.2) is 5.82 Å². The summed E-state index contributed by atoms with van der Waals surface area (Å²) in [5, 5.41) is 13.7. The molecule has 2 aliphatic rings. The number of hydrogen-bond donors (Lipinski definition) is 1. The summed E-state index contributed by atoms with van der Waals surface area (Å²) in [5.74, 6) is 0.696. The molecule has 2 aromatic heterocycles. The zero-order valence-electron chi connectivity index (χ0n) is 21.2. The van der Waals surface area contributed by atoms with Crippen LogP contribution in [-0.2, 0) is 11.3 Å². The van der Waals surface area contributed by atoms with E-state index in [4.69, 9.17) is 4.74 Å². The number of H-pyrrole nitrogens is 1. The van der Waals surface area contributed by atoms with Gasteiger partial charge in [0.05, 0.1) is 13.2 Å². The first-order valence-electron chi connectivity index (χ1n) is 12.9. The Bertz CT molecular complexity index is 1210. The van der Waals surface area contributed by atoms with E-state index < -0.39 is 0 Å². The van der Waals surface area contributed by atoms with Gasteiger partial charge in [-0.2, -0.15) is 0 Å². The molecule has 1 aliphatic heterocycles. The maximum atomic E-state index is 13.5. The van der Waals surface area contributed by atoms with Crippen LogP contribution in [0, 0.1) is 13.8 Å². The fraction of sp³-hybridized carbons (Fsp3) is 0.615. The molecule has 0 amide bonds. The van der Waals surface area contributed by atoms with Gasteiger partial charge in [0.1, 0.15) is 6.04 Å². The zero-order chi connectivity index (χ0) is 24.4. The van der Waals surface area contributed by atoms with Crippen LogP contribution in [-0.4, -0.2) is 80.9 Å². The van der Waals surface area contributed by atoms with Crippen LogP contribution in [0.1, 0.15) is 60.7 Å². The van der Waals surface area contributed by atoms with E-state index >= 15 is 0 Å². The number of aromatic amines is 1. The van der Waals surface area contributed by atoms with Crippen molar-refractivity contribution in [3.05, 3.63) is 51.1 Å².